The summed E-state index contributed by atoms with van der Waals surface area (Å²) < 4.78 is 15.4. The first-order valence-electron chi connectivity index (χ1n) is 6.16. The van der Waals surface area contributed by atoms with E-state index in [1.807, 2.05) is 29.0 Å². The zero-order valence-corrected chi connectivity index (χ0v) is 11.3. The van der Waals surface area contributed by atoms with Crippen LogP contribution in [0.1, 0.15) is 15.9 Å². The van der Waals surface area contributed by atoms with Crippen LogP contribution in [0.2, 0.25) is 5.02 Å². The number of carbonyl (C=O) groups excluding carboxylic acids is 1. The summed E-state index contributed by atoms with van der Waals surface area (Å²) in [5.41, 5.74) is 2.25. The van der Waals surface area contributed by atoms with Gasteiger partial charge in [-0.25, -0.2) is 4.39 Å². The van der Waals surface area contributed by atoms with E-state index in [-0.39, 0.29) is 5.02 Å². The molecule has 0 fully saturated rings. The average Bonchev–Trinajstić information content (AvgIpc) is 2.86. The zero-order chi connectivity index (χ0) is 14.1. The maximum atomic E-state index is 13.5. The lowest BCUT2D eigenvalue weighted by Gasteiger charge is -2.08. The van der Waals surface area contributed by atoms with Gasteiger partial charge in [-0.3, -0.25) is 4.79 Å². The number of hydrogen-bond acceptors (Lipinski definition) is 1. The first-order chi connectivity index (χ1) is 9.69. The predicted octanol–water partition coefficient (Wildman–Crippen LogP) is 4.29. The third-order valence-electron chi connectivity index (χ3n) is 3.31. The molecule has 3 rings (SSSR count). The van der Waals surface area contributed by atoms with Crippen molar-refractivity contribution in [3.63, 3.8) is 0 Å². The molecule has 0 amide bonds. The Morgan fingerprint density at radius 1 is 1.20 bits per heavy atom. The second kappa shape index (κ2) is 5.10. The van der Waals surface area contributed by atoms with Crippen molar-refractivity contribution in [2.75, 3.05) is 0 Å². The Morgan fingerprint density at radius 3 is 2.85 bits per heavy atom. The topological polar surface area (TPSA) is 22.0 Å². The van der Waals surface area contributed by atoms with Crippen molar-refractivity contribution in [2.45, 2.75) is 6.54 Å². The van der Waals surface area contributed by atoms with Crippen LogP contribution in [0, 0.1) is 5.82 Å². The number of fused-ring (bicyclic) bond motifs is 1. The summed E-state index contributed by atoms with van der Waals surface area (Å²) >= 11 is 5.98. The molecular weight excluding hydrogens is 277 g/mol. The fraction of sp³-hybridized carbons (Fsp3) is 0.0625. The van der Waals surface area contributed by atoms with Gasteiger partial charge in [0.1, 0.15) is 12.1 Å². The molecule has 1 heterocycles. The van der Waals surface area contributed by atoms with Gasteiger partial charge in [0.15, 0.2) is 0 Å². The van der Waals surface area contributed by atoms with E-state index < -0.39 is 5.82 Å². The minimum atomic E-state index is -0.422. The maximum absolute atomic E-state index is 13.5. The van der Waals surface area contributed by atoms with Crippen LogP contribution in [0.4, 0.5) is 4.39 Å². The quantitative estimate of drug-likeness (QED) is 0.659. The Kier molecular flexibility index (Phi) is 3.28. The second-order valence-electron chi connectivity index (χ2n) is 4.59. The van der Waals surface area contributed by atoms with Gasteiger partial charge in [0.25, 0.3) is 0 Å². The lowest BCUT2D eigenvalue weighted by atomic mass is 10.2. The molecular formula is C16H11ClFNO. The minimum Gasteiger partial charge on any atom is -0.343 e. The number of aldehydes is 1. The van der Waals surface area contributed by atoms with Crippen molar-refractivity contribution in [3.05, 3.63) is 70.6 Å². The van der Waals surface area contributed by atoms with Gasteiger partial charge >= 0.3 is 0 Å². The highest BCUT2D eigenvalue weighted by atomic mass is 35.5. The molecule has 3 aromatic rings. The molecule has 0 spiro atoms. The van der Waals surface area contributed by atoms with E-state index in [1.54, 1.807) is 18.2 Å². The molecule has 0 aliphatic rings. The number of hydrogen-bond donors (Lipinski definition) is 0. The van der Waals surface area contributed by atoms with E-state index in [4.69, 9.17) is 11.6 Å². The van der Waals surface area contributed by atoms with E-state index in [0.29, 0.717) is 17.7 Å². The average molecular weight is 288 g/mol. The molecule has 4 heteroatoms. The molecule has 2 nitrogen and oxygen atoms in total. The number of rotatable bonds is 3. The van der Waals surface area contributed by atoms with Gasteiger partial charge in [-0.05, 0) is 29.1 Å². The van der Waals surface area contributed by atoms with Gasteiger partial charge < -0.3 is 4.57 Å². The molecule has 0 aliphatic heterocycles. The van der Waals surface area contributed by atoms with Crippen LogP contribution in [0.5, 0.6) is 0 Å². The van der Waals surface area contributed by atoms with Crippen molar-refractivity contribution in [2.24, 2.45) is 0 Å². The third-order valence-corrected chi connectivity index (χ3v) is 3.73. The van der Waals surface area contributed by atoms with Gasteiger partial charge in [0.05, 0.1) is 5.02 Å². The second-order valence-corrected chi connectivity index (χ2v) is 4.97. The number of aromatic nitrogens is 1. The molecule has 0 saturated carbocycles. The molecule has 0 atom stereocenters. The van der Waals surface area contributed by atoms with Crippen LogP contribution in [0.15, 0.2) is 48.7 Å². The molecule has 0 aliphatic carbocycles. The summed E-state index contributed by atoms with van der Waals surface area (Å²) in [6, 6.07) is 12.2. The van der Waals surface area contributed by atoms with Gasteiger partial charge in [-0.2, -0.15) is 0 Å². The van der Waals surface area contributed by atoms with E-state index >= 15 is 0 Å². The van der Waals surface area contributed by atoms with E-state index in [2.05, 4.69) is 0 Å². The summed E-state index contributed by atoms with van der Waals surface area (Å²) in [5.74, 6) is -0.422. The van der Waals surface area contributed by atoms with Gasteiger partial charge in [0.2, 0.25) is 0 Å². The monoisotopic (exact) mass is 287 g/mol. The summed E-state index contributed by atoms with van der Waals surface area (Å²) in [7, 11) is 0. The maximum Gasteiger partial charge on any atom is 0.150 e. The van der Waals surface area contributed by atoms with E-state index in [0.717, 1.165) is 17.2 Å². The normalized spacial score (nSPS) is 10.9. The highest BCUT2D eigenvalue weighted by Crippen LogP contribution is 2.23. The van der Waals surface area contributed by atoms with Crippen LogP contribution in [0.25, 0.3) is 10.9 Å². The smallest absolute Gasteiger partial charge is 0.150 e. The van der Waals surface area contributed by atoms with Crippen LogP contribution in [0.3, 0.4) is 0 Å². The van der Waals surface area contributed by atoms with Crippen LogP contribution < -0.4 is 0 Å². The largest absolute Gasteiger partial charge is 0.343 e. The minimum absolute atomic E-state index is 0.140. The lowest BCUT2D eigenvalue weighted by Crippen LogP contribution is -2.00. The standard InChI is InChI=1S/C16H11ClFNO/c17-16-13(2-1-3-14(16)18)9-19-7-6-12-5-4-11(10-20)8-15(12)19/h1-8,10H,9H2. The van der Waals surface area contributed by atoms with Gasteiger partial charge in [0, 0.05) is 23.8 Å². The van der Waals surface area contributed by atoms with Gasteiger partial charge in [-0.15, -0.1) is 0 Å². The number of carbonyl (C=O) groups is 1. The highest BCUT2D eigenvalue weighted by molar-refractivity contribution is 6.31. The molecule has 100 valence electrons. The fourth-order valence-corrected chi connectivity index (χ4v) is 2.45. The van der Waals surface area contributed by atoms with Crippen molar-refractivity contribution < 1.29 is 9.18 Å². The Balaban J connectivity index is 2.06. The fourth-order valence-electron chi connectivity index (χ4n) is 2.27. The Hall–Kier alpha value is -2.13. The van der Waals surface area contributed by atoms with Crippen molar-refractivity contribution in [1.29, 1.82) is 0 Å². The molecule has 20 heavy (non-hydrogen) atoms. The summed E-state index contributed by atoms with van der Waals surface area (Å²) in [6.45, 7) is 0.461. The molecule has 0 radical (unpaired) electrons. The predicted molar refractivity (Wildman–Crippen MR) is 77.8 cm³/mol. The summed E-state index contributed by atoms with van der Waals surface area (Å²) in [5, 5.41) is 1.17. The van der Waals surface area contributed by atoms with E-state index in [1.165, 1.54) is 6.07 Å². The SMILES string of the molecule is O=Cc1ccc2ccn(Cc3cccc(F)c3Cl)c2c1. The Labute approximate surface area is 120 Å². The van der Waals surface area contributed by atoms with E-state index in [9.17, 15) is 9.18 Å². The van der Waals surface area contributed by atoms with Crippen LogP contribution in [-0.4, -0.2) is 10.9 Å². The van der Waals surface area contributed by atoms with Crippen LogP contribution in [-0.2, 0) is 6.54 Å². The third kappa shape index (κ3) is 2.21. The molecule has 1 aromatic heterocycles. The summed E-state index contributed by atoms with van der Waals surface area (Å²) in [4.78, 5) is 10.9. The van der Waals surface area contributed by atoms with Crippen molar-refractivity contribution >= 4 is 28.8 Å². The van der Waals surface area contributed by atoms with Crippen molar-refractivity contribution in [3.8, 4) is 0 Å². The Bertz CT molecular complexity index is 794. The van der Waals surface area contributed by atoms with Crippen LogP contribution >= 0.6 is 11.6 Å². The van der Waals surface area contributed by atoms with Gasteiger partial charge in [-0.1, -0.05) is 35.9 Å². The first-order valence-corrected chi connectivity index (χ1v) is 6.54. The molecule has 0 saturated heterocycles. The van der Waals surface area contributed by atoms with Crippen molar-refractivity contribution in [1.82, 2.24) is 4.57 Å². The first kappa shape index (κ1) is 12.9. The number of halogens is 2. The Morgan fingerprint density at radius 2 is 2.05 bits per heavy atom. The summed E-state index contributed by atoms with van der Waals surface area (Å²) in [6.07, 6.45) is 2.71. The zero-order valence-electron chi connectivity index (χ0n) is 10.5. The molecule has 0 bridgehead atoms. The molecule has 0 unspecified atom stereocenters. The number of nitrogens with zero attached hydrogens (tertiary/aromatic N) is 1. The molecule has 2 aromatic carbocycles. The molecule has 0 N–H and O–H groups in total. The highest BCUT2D eigenvalue weighted by Gasteiger charge is 2.08. The lowest BCUT2D eigenvalue weighted by molar-refractivity contribution is 0.112. The number of benzene rings is 2.